The van der Waals surface area contributed by atoms with E-state index in [-0.39, 0.29) is 24.1 Å². The third-order valence-electron chi connectivity index (χ3n) is 3.64. The quantitative estimate of drug-likeness (QED) is 0.552. The molecule has 0 fully saturated rings. The Kier molecular flexibility index (Phi) is 2.65. The minimum atomic E-state index is -0.279. The Labute approximate surface area is 124 Å². The fourth-order valence-corrected chi connectivity index (χ4v) is 3.29. The number of hydrogen-bond donors (Lipinski definition) is 1. The molecule has 0 aliphatic carbocycles. The monoisotopic (exact) mass is 298 g/mol. The summed E-state index contributed by atoms with van der Waals surface area (Å²) in [5, 5.41) is 9.69. The van der Waals surface area contributed by atoms with Crippen molar-refractivity contribution in [2.45, 2.75) is 12.3 Å². The summed E-state index contributed by atoms with van der Waals surface area (Å²) in [7, 11) is 0. The van der Waals surface area contributed by atoms with Crippen molar-refractivity contribution >= 4 is 28.7 Å². The van der Waals surface area contributed by atoms with E-state index in [0.29, 0.717) is 5.75 Å². The Bertz CT molecular complexity index is 859. The summed E-state index contributed by atoms with van der Waals surface area (Å²) >= 11 is 1.14. The van der Waals surface area contributed by atoms with Crippen LogP contribution in [-0.2, 0) is 4.79 Å². The number of hydrogen-bond acceptors (Lipinski definition) is 6. The average molecular weight is 298 g/mol. The van der Waals surface area contributed by atoms with E-state index in [1.54, 1.807) is 30.3 Å². The number of nitrogens with zero attached hydrogens (tertiary/aromatic N) is 2. The fraction of sp³-hybridized carbons (Fsp3) is 0.133. The molecule has 6 heteroatoms. The summed E-state index contributed by atoms with van der Waals surface area (Å²) in [6, 6.07) is 10.5. The van der Waals surface area contributed by atoms with Crippen LogP contribution >= 0.6 is 11.7 Å². The zero-order chi connectivity index (χ0) is 14.4. The normalized spacial score (nSPS) is 17.5. The van der Waals surface area contributed by atoms with E-state index in [9.17, 15) is 9.90 Å². The maximum Gasteiger partial charge on any atom is 0.312 e. The molecule has 1 aliphatic heterocycles. The van der Waals surface area contributed by atoms with Gasteiger partial charge < -0.3 is 9.84 Å². The fourth-order valence-electron chi connectivity index (χ4n) is 2.74. The lowest BCUT2D eigenvalue weighted by atomic mass is 9.85. The first kappa shape index (κ1) is 12.3. The van der Waals surface area contributed by atoms with Gasteiger partial charge in [0.15, 0.2) is 0 Å². The van der Waals surface area contributed by atoms with Crippen molar-refractivity contribution in [3.63, 3.8) is 0 Å². The number of benzene rings is 2. The van der Waals surface area contributed by atoms with Crippen molar-refractivity contribution in [1.29, 1.82) is 0 Å². The van der Waals surface area contributed by atoms with Crippen LogP contribution in [0.5, 0.6) is 11.5 Å². The van der Waals surface area contributed by atoms with Crippen LogP contribution in [0.2, 0.25) is 0 Å². The zero-order valence-electron chi connectivity index (χ0n) is 10.8. The molecule has 1 aromatic heterocycles. The van der Waals surface area contributed by atoms with Gasteiger partial charge in [0.05, 0.1) is 18.1 Å². The number of ether oxygens (including phenoxy) is 1. The van der Waals surface area contributed by atoms with Gasteiger partial charge in [0.2, 0.25) is 0 Å². The third-order valence-corrected chi connectivity index (χ3v) is 4.19. The summed E-state index contributed by atoms with van der Waals surface area (Å²) in [4.78, 5) is 11.9. The van der Waals surface area contributed by atoms with Gasteiger partial charge in [0.1, 0.15) is 22.5 Å². The summed E-state index contributed by atoms with van der Waals surface area (Å²) in [5.41, 5.74) is 3.29. The number of esters is 1. The molecular formula is C15H10N2O3S. The first-order valence-electron chi connectivity index (χ1n) is 6.47. The van der Waals surface area contributed by atoms with Crippen LogP contribution in [0.3, 0.4) is 0 Å². The second-order valence-electron chi connectivity index (χ2n) is 4.94. The Hall–Kier alpha value is -2.47. The molecule has 104 valence electrons. The second kappa shape index (κ2) is 4.53. The molecular weight excluding hydrogens is 288 g/mol. The van der Waals surface area contributed by atoms with Crippen LogP contribution in [0.1, 0.15) is 23.5 Å². The van der Waals surface area contributed by atoms with Crippen molar-refractivity contribution < 1.29 is 14.6 Å². The molecule has 0 radical (unpaired) electrons. The van der Waals surface area contributed by atoms with Crippen molar-refractivity contribution in [2.75, 3.05) is 0 Å². The number of aromatic nitrogens is 2. The first-order chi connectivity index (χ1) is 10.2. The van der Waals surface area contributed by atoms with Crippen molar-refractivity contribution in [2.24, 2.45) is 0 Å². The van der Waals surface area contributed by atoms with Crippen molar-refractivity contribution in [3.8, 4) is 11.5 Å². The van der Waals surface area contributed by atoms with Crippen LogP contribution < -0.4 is 4.74 Å². The van der Waals surface area contributed by atoms with E-state index in [4.69, 9.17) is 4.74 Å². The number of fused-ring (bicyclic) bond motifs is 3. The van der Waals surface area contributed by atoms with Gasteiger partial charge in [-0.3, -0.25) is 4.79 Å². The number of rotatable bonds is 1. The van der Waals surface area contributed by atoms with Gasteiger partial charge in [0.25, 0.3) is 0 Å². The van der Waals surface area contributed by atoms with Gasteiger partial charge in [-0.15, -0.1) is 0 Å². The molecule has 0 saturated heterocycles. The standard InChI is InChI=1S/C15H10N2O3S/c18-9-3-1-2-8(6-9)10-7-13(19)20-12-5-4-11-15(14(10)12)17-21-16-11/h1-6,10,18H,7H2/t10-/m1/s1. The van der Waals surface area contributed by atoms with E-state index in [1.165, 1.54) is 0 Å². The van der Waals surface area contributed by atoms with E-state index in [1.807, 2.05) is 6.07 Å². The topological polar surface area (TPSA) is 72.3 Å². The lowest BCUT2D eigenvalue weighted by Crippen LogP contribution is -2.21. The minimum absolute atomic E-state index is 0.177. The number of phenols is 1. The highest BCUT2D eigenvalue weighted by Gasteiger charge is 2.31. The minimum Gasteiger partial charge on any atom is -0.508 e. The number of carbonyl (C=O) groups excluding carboxylic acids is 1. The lowest BCUT2D eigenvalue weighted by Gasteiger charge is -2.25. The summed E-state index contributed by atoms with van der Waals surface area (Å²) in [6.07, 6.45) is 0.229. The number of phenolic OH excluding ortho intramolecular Hbond substituents is 1. The van der Waals surface area contributed by atoms with Gasteiger partial charge in [0, 0.05) is 11.5 Å². The van der Waals surface area contributed by atoms with Gasteiger partial charge in [-0.05, 0) is 29.8 Å². The predicted octanol–water partition coefficient (Wildman–Crippen LogP) is 2.84. The molecule has 2 aromatic carbocycles. The van der Waals surface area contributed by atoms with E-state index >= 15 is 0 Å². The molecule has 3 aromatic rings. The smallest absolute Gasteiger partial charge is 0.312 e. The molecule has 0 unspecified atom stereocenters. The van der Waals surface area contributed by atoms with E-state index < -0.39 is 0 Å². The Morgan fingerprint density at radius 3 is 3.00 bits per heavy atom. The SMILES string of the molecule is O=C1C[C@H](c2cccc(O)c2)c2c(ccc3nsnc23)O1. The second-order valence-corrected chi connectivity index (χ2v) is 5.46. The summed E-state index contributed by atoms with van der Waals surface area (Å²) in [6.45, 7) is 0. The molecule has 0 bridgehead atoms. The molecule has 0 spiro atoms. The maximum atomic E-state index is 11.9. The molecule has 1 atom stereocenters. The van der Waals surface area contributed by atoms with E-state index in [2.05, 4.69) is 8.75 Å². The Morgan fingerprint density at radius 2 is 2.14 bits per heavy atom. The average Bonchev–Trinajstić information content (AvgIpc) is 2.94. The van der Waals surface area contributed by atoms with Crippen molar-refractivity contribution in [1.82, 2.24) is 8.75 Å². The molecule has 2 heterocycles. The highest BCUT2D eigenvalue weighted by Crippen LogP contribution is 2.42. The maximum absolute atomic E-state index is 11.9. The number of aromatic hydroxyl groups is 1. The molecule has 0 saturated carbocycles. The van der Waals surface area contributed by atoms with Gasteiger partial charge in [-0.25, -0.2) is 0 Å². The molecule has 21 heavy (non-hydrogen) atoms. The van der Waals surface area contributed by atoms with Crippen LogP contribution in [0.25, 0.3) is 11.0 Å². The Balaban J connectivity index is 1.97. The van der Waals surface area contributed by atoms with Gasteiger partial charge in [-0.2, -0.15) is 8.75 Å². The van der Waals surface area contributed by atoms with Gasteiger partial charge >= 0.3 is 5.97 Å². The van der Waals surface area contributed by atoms with Crippen LogP contribution in [0.4, 0.5) is 0 Å². The molecule has 4 rings (SSSR count). The van der Waals surface area contributed by atoms with Crippen LogP contribution in [0.15, 0.2) is 36.4 Å². The molecule has 1 aliphatic rings. The lowest BCUT2D eigenvalue weighted by molar-refractivity contribution is -0.135. The number of carbonyl (C=O) groups is 1. The predicted molar refractivity (Wildman–Crippen MR) is 77.6 cm³/mol. The highest BCUT2D eigenvalue weighted by molar-refractivity contribution is 7.00. The zero-order valence-corrected chi connectivity index (χ0v) is 11.6. The molecule has 0 amide bonds. The van der Waals surface area contributed by atoms with Gasteiger partial charge in [-0.1, -0.05) is 12.1 Å². The van der Waals surface area contributed by atoms with Crippen LogP contribution in [0, 0.1) is 0 Å². The third kappa shape index (κ3) is 1.95. The Morgan fingerprint density at radius 1 is 1.24 bits per heavy atom. The van der Waals surface area contributed by atoms with E-state index in [0.717, 1.165) is 33.9 Å². The molecule has 5 nitrogen and oxygen atoms in total. The summed E-state index contributed by atoms with van der Waals surface area (Å²) in [5.74, 6) is 0.246. The highest BCUT2D eigenvalue weighted by atomic mass is 32.1. The van der Waals surface area contributed by atoms with Crippen LogP contribution in [-0.4, -0.2) is 19.8 Å². The first-order valence-corrected chi connectivity index (χ1v) is 7.20. The van der Waals surface area contributed by atoms with Crippen molar-refractivity contribution in [3.05, 3.63) is 47.5 Å². The summed E-state index contributed by atoms with van der Waals surface area (Å²) < 4.78 is 13.9. The molecule has 1 N–H and O–H groups in total. The largest absolute Gasteiger partial charge is 0.508 e.